The molecule has 0 spiro atoms. The Kier molecular flexibility index (Phi) is 3.00. The summed E-state index contributed by atoms with van der Waals surface area (Å²) in [5, 5.41) is 9.82. The van der Waals surface area contributed by atoms with Gasteiger partial charge in [0.05, 0.1) is 12.7 Å². The molecule has 1 rings (SSSR count). The van der Waals surface area contributed by atoms with E-state index in [0.29, 0.717) is 11.3 Å². The van der Waals surface area contributed by atoms with Crippen LogP contribution in [0.15, 0.2) is 27.9 Å². The Morgan fingerprint density at radius 3 is 2.73 bits per heavy atom. The molecule has 4 nitrogen and oxygen atoms in total. The van der Waals surface area contributed by atoms with Crippen LogP contribution >= 0.6 is 0 Å². The minimum Gasteiger partial charge on any atom is -0.496 e. The van der Waals surface area contributed by atoms with Crippen molar-refractivity contribution in [2.45, 2.75) is 19.4 Å². The van der Waals surface area contributed by atoms with E-state index in [4.69, 9.17) is 9.15 Å². The van der Waals surface area contributed by atoms with Gasteiger partial charge in [0.2, 0.25) is 0 Å². The quantitative estimate of drug-likeness (QED) is 0.765. The highest BCUT2D eigenvalue weighted by Gasteiger charge is 2.24. The lowest BCUT2D eigenvalue weighted by Gasteiger charge is -2.17. The number of methoxy groups -OCH3 is 1. The zero-order chi connectivity index (χ0) is 11.6. The summed E-state index contributed by atoms with van der Waals surface area (Å²) in [6, 6.07) is 1.48. The number of ether oxygens (including phenoxy) is 1. The highest BCUT2D eigenvalue weighted by atomic mass is 16.5. The van der Waals surface area contributed by atoms with Gasteiger partial charge < -0.3 is 14.3 Å². The summed E-state index contributed by atoms with van der Waals surface area (Å²) in [4.78, 5) is 11.4. The van der Waals surface area contributed by atoms with Gasteiger partial charge in [0.15, 0.2) is 0 Å². The van der Waals surface area contributed by atoms with Crippen LogP contribution in [0.25, 0.3) is 0 Å². The van der Waals surface area contributed by atoms with Crippen LogP contribution in [0.3, 0.4) is 0 Å². The van der Waals surface area contributed by atoms with Crippen molar-refractivity contribution < 1.29 is 14.3 Å². The van der Waals surface area contributed by atoms with E-state index in [0.717, 1.165) is 0 Å². The summed E-state index contributed by atoms with van der Waals surface area (Å²) in [5.74, 6) is 0.508. The molecule has 1 N–H and O–H groups in total. The van der Waals surface area contributed by atoms with Crippen LogP contribution in [-0.2, 0) is 5.60 Å². The standard InChI is InChI=1S/C11H14O4/c1-5-11(3,13)9-6-8(14-4)7(2)10(12)15-9/h5-6,13H,1H2,2-4H3/t11-/m1/s1. The van der Waals surface area contributed by atoms with Gasteiger partial charge in [-0.3, -0.25) is 0 Å². The second-order valence-electron chi connectivity index (χ2n) is 3.44. The maximum absolute atomic E-state index is 11.4. The Morgan fingerprint density at radius 1 is 1.67 bits per heavy atom. The molecular formula is C11H14O4. The monoisotopic (exact) mass is 210 g/mol. The van der Waals surface area contributed by atoms with Crippen molar-refractivity contribution in [1.29, 1.82) is 0 Å². The van der Waals surface area contributed by atoms with Crippen molar-refractivity contribution in [2.24, 2.45) is 0 Å². The first kappa shape index (κ1) is 11.5. The molecule has 4 heteroatoms. The van der Waals surface area contributed by atoms with Crippen molar-refractivity contribution in [2.75, 3.05) is 7.11 Å². The topological polar surface area (TPSA) is 59.7 Å². The first-order valence-electron chi connectivity index (χ1n) is 4.47. The molecule has 15 heavy (non-hydrogen) atoms. The molecule has 0 radical (unpaired) electrons. The van der Waals surface area contributed by atoms with E-state index in [1.165, 1.54) is 26.2 Å². The zero-order valence-electron chi connectivity index (χ0n) is 9.03. The fraction of sp³-hybridized carbons (Fsp3) is 0.364. The zero-order valence-corrected chi connectivity index (χ0v) is 9.03. The molecule has 0 aliphatic rings. The lowest BCUT2D eigenvalue weighted by molar-refractivity contribution is 0.0807. The van der Waals surface area contributed by atoms with E-state index in [9.17, 15) is 9.90 Å². The first-order chi connectivity index (χ1) is 6.92. The van der Waals surface area contributed by atoms with Crippen molar-refractivity contribution in [3.05, 3.63) is 40.5 Å². The Bertz CT molecular complexity index is 429. The SMILES string of the molecule is C=C[C@@](C)(O)c1cc(OC)c(C)c(=O)o1. The fourth-order valence-electron chi connectivity index (χ4n) is 1.10. The highest BCUT2D eigenvalue weighted by Crippen LogP contribution is 2.25. The van der Waals surface area contributed by atoms with E-state index in [1.54, 1.807) is 6.92 Å². The number of hydrogen-bond acceptors (Lipinski definition) is 4. The maximum atomic E-state index is 11.4. The summed E-state index contributed by atoms with van der Waals surface area (Å²) < 4.78 is 9.95. The van der Waals surface area contributed by atoms with Crippen LogP contribution in [0.5, 0.6) is 5.75 Å². The number of rotatable bonds is 3. The third kappa shape index (κ3) is 2.10. The van der Waals surface area contributed by atoms with Crippen LogP contribution < -0.4 is 10.4 Å². The second kappa shape index (κ2) is 3.90. The van der Waals surface area contributed by atoms with Crippen molar-refractivity contribution in [3.63, 3.8) is 0 Å². The molecular weight excluding hydrogens is 196 g/mol. The molecule has 0 aromatic carbocycles. The van der Waals surface area contributed by atoms with Crippen molar-refractivity contribution in [1.82, 2.24) is 0 Å². The molecule has 0 amide bonds. The van der Waals surface area contributed by atoms with Crippen LogP contribution in [0.4, 0.5) is 0 Å². The predicted molar refractivity (Wildman–Crippen MR) is 56.0 cm³/mol. The molecule has 1 aromatic heterocycles. The fourth-order valence-corrected chi connectivity index (χ4v) is 1.10. The van der Waals surface area contributed by atoms with Gasteiger partial charge in [-0.25, -0.2) is 4.79 Å². The molecule has 1 aromatic rings. The molecule has 0 bridgehead atoms. The van der Waals surface area contributed by atoms with Crippen LogP contribution in [0.1, 0.15) is 18.2 Å². The minimum absolute atomic E-state index is 0.116. The number of hydrogen-bond donors (Lipinski definition) is 1. The average molecular weight is 210 g/mol. The van der Waals surface area contributed by atoms with E-state index >= 15 is 0 Å². The van der Waals surface area contributed by atoms with Crippen molar-refractivity contribution in [3.8, 4) is 5.75 Å². The van der Waals surface area contributed by atoms with E-state index in [1.807, 2.05) is 0 Å². The summed E-state index contributed by atoms with van der Waals surface area (Å²) in [7, 11) is 1.45. The van der Waals surface area contributed by atoms with E-state index in [-0.39, 0.29) is 5.76 Å². The normalized spacial score (nSPS) is 14.4. The Labute approximate surface area is 87.8 Å². The Balaban J connectivity index is 3.41. The molecule has 0 saturated carbocycles. The maximum Gasteiger partial charge on any atom is 0.342 e. The van der Waals surface area contributed by atoms with Gasteiger partial charge in [-0.15, -0.1) is 0 Å². The summed E-state index contributed by atoms with van der Waals surface area (Å²) >= 11 is 0. The van der Waals surface area contributed by atoms with E-state index in [2.05, 4.69) is 6.58 Å². The van der Waals surface area contributed by atoms with Gasteiger partial charge in [-0.2, -0.15) is 0 Å². The number of aliphatic hydroxyl groups is 1. The molecule has 0 unspecified atom stereocenters. The van der Waals surface area contributed by atoms with Crippen LogP contribution in [0.2, 0.25) is 0 Å². The van der Waals surface area contributed by atoms with Gasteiger partial charge in [0, 0.05) is 6.07 Å². The van der Waals surface area contributed by atoms with Gasteiger partial charge in [0.25, 0.3) is 0 Å². The first-order valence-corrected chi connectivity index (χ1v) is 4.47. The van der Waals surface area contributed by atoms with Crippen LogP contribution in [0, 0.1) is 6.92 Å². The van der Waals surface area contributed by atoms with Crippen molar-refractivity contribution >= 4 is 0 Å². The molecule has 82 valence electrons. The molecule has 1 heterocycles. The molecule has 1 atom stereocenters. The van der Waals surface area contributed by atoms with E-state index < -0.39 is 11.2 Å². The molecule has 0 fully saturated rings. The summed E-state index contributed by atoms with van der Waals surface area (Å²) in [6.45, 7) is 6.54. The average Bonchev–Trinajstić information content (AvgIpc) is 2.21. The largest absolute Gasteiger partial charge is 0.496 e. The third-order valence-electron chi connectivity index (χ3n) is 2.26. The summed E-state index contributed by atoms with van der Waals surface area (Å²) in [6.07, 6.45) is 1.29. The van der Waals surface area contributed by atoms with Gasteiger partial charge in [0.1, 0.15) is 17.1 Å². The molecule has 0 saturated heterocycles. The Hall–Kier alpha value is -1.55. The van der Waals surface area contributed by atoms with Crippen LogP contribution in [-0.4, -0.2) is 12.2 Å². The smallest absolute Gasteiger partial charge is 0.342 e. The Morgan fingerprint density at radius 2 is 2.27 bits per heavy atom. The lowest BCUT2D eigenvalue weighted by Crippen LogP contribution is -2.20. The minimum atomic E-state index is -1.37. The summed E-state index contributed by atoms with van der Waals surface area (Å²) in [5.41, 5.74) is -1.52. The molecule has 0 aliphatic heterocycles. The van der Waals surface area contributed by atoms with Gasteiger partial charge in [-0.1, -0.05) is 12.7 Å². The second-order valence-corrected chi connectivity index (χ2v) is 3.44. The predicted octanol–water partition coefficient (Wildman–Crippen LogP) is 1.35. The van der Waals surface area contributed by atoms with Gasteiger partial charge >= 0.3 is 5.63 Å². The van der Waals surface area contributed by atoms with Gasteiger partial charge in [-0.05, 0) is 13.8 Å². The third-order valence-corrected chi connectivity index (χ3v) is 2.26. The molecule has 0 aliphatic carbocycles. The lowest BCUT2D eigenvalue weighted by atomic mass is 10.0. The highest BCUT2D eigenvalue weighted by molar-refractivity contribution is 5.32.